The molecule has 0 aliphatic heterocycles. The van der Waals surface area contributed by atoms with Gasteiger partial charge in [0.1, 0.15) is 12.4 Å². The summed E-state index contributed by atoms with van der Waals surface area (Å²) >= 11 is 0. The second-order valence-electron chi connectivity index (χ2n) is 6.37. The first-order chi connectivity index (χ1) is 13.5. The Kier molecular flexibility index (Phi) is 11.7. The van der Waals surface area contributed by atoms with E-state index in [1.165, 1.54) is 11.8 Å². The van der Waals surface area contributed by atoms with Crippen molar-refractivity contribution in [2.75, 3.05) is 32.5 Å². The molecular formula is C21H30IN3O3S. The Hall–Kier alpha value is -1.81. The summed E-state index contributed by atoms with van der Waals surface area (Å²) in [6.07, 6.45) is 3.19. The van der Waals surface area contributed by atoms with Gasteiger partial charge in [-0.25, -0.2) is 8.42 Å². The van der Waals surface area contributed by atoms with Gasteiger partial charge in [0.05, 0.1) is 11.4 Å². The van der Waals surface area contributed by atoms with E-state index >= 15 is 0 Å². The highest BCUT2D eigenvalue weighted by Gasteiger charge is 2.06. The van der Waals surface area contributed by atoms with Crippen molar-refractivity contribution in [2.45, 2.75) is 24.7 Å². The summed E-state index contributed by atoms with van der Waals surface area (Å²) in [6, 6.07) is 16.8. The van der Waals surface area contributed by atoms with E-state index in [0.717, 1.165) is 31.9 Å². The zero-order valence-electron chi connectivity index (χ0n) is 16.9. The van der Waals surface area contributed by atoms with E-state index in [1.807, 2.05) is 13.0 Å². The lowest BCUT2D eigenvalue weighted by Gasteiger charge is -2.12. The van der Waals surface area contributed by atoms with Crippen LogP contribution in [0.3, 0.4) is 0 Å². The monoisotopic (exact) mass is 531 g/mol. The number of benzene rings is 2. The van der Waals surface area contributed by atoms with E-state index in [2.05, 4.69) is 39.9 Å². The molecule has 0 radical (unpaired) electrons. The van der Waals surface area contributed by atoms with Gasteiger partial charge in [0, 0.05) is 19.3 Å². The van der Waals surface area contributed by atoms with Gasteiger partial charge in [0.15, 0.2) is 15.8 Å². The lowest BCUT2D eigenvalue weighted by molar-refractivity contribution is 0.321. The largest absolute Gasteiger partial charge is 0.492 e. The van der Waals surface area contributed by atoms with E-state index in [-0.39, 0.29) is 28.9 Å². The first kappa shape index (κ1) is 25.2. The molecule has 2 rings (SSSR count). The fourth-order valence-electron chi connectivity index (χ4n) is 2.58. The number of sulfone groups is 1. The number of ether oxygens (including phenoxy) is 1. The van der Waals surface area contributed by atoms with E-state index in [0.29, 0.717) is 18.9 Å². The maximum Gasteiger partial charge on any atom is 0.191 e. The Morgan fingerprint density at radius 1 is 1.03 bits per heavy atom. The summed E-state index contributed by atoms with van der Waals surface area (Å²) in [7, 11) is -3.18. The van der Waals surface area contributed by atoms with Crippen molar-refractivity contribution in [1.82, 2.24) is 10.6 Å². The van der Waals surface area contributed by atoms with E-state index in [9.17, 15) is 8.42 Å². The van der Waals surface area contributed by atoms with E-state index in [1.54, 1.807) is 24.3 Å². The number of hydrogen-bond donors (Lipinski definition) is 2. The van der Waals surface area contributed by atoms with Crippen molar-refractivity contribution in [3.63, 3.8) is 0 Å². The molecule has 2 N–H and O–H groups in total. The minimum absolute atomic E-state index is 0. The van der Waals surface area contributed by atoms with Crippen molar-refractivity contribution in [1.29, 1.82) is 0 Å². The minimum Gasteiger partial charge on any atom is -0.492 e. The van der Waals surface area contributed by atoms with E-state index < -0.39 is 9.84 Å². The van der Waals surface area contributed by atoms with Gasteiger partial charge in [-0.2, -0.15) is 0 Å². The summed E-state index contributed by atoms with van der Waals surface area (Å²) in [5.74, 6) is 1.41. The first-order valence-electron chi connectivity index (χ1n) is 9.48. The zero-order valence-corrected chi connectivity index (χ0v) is 20.1. The van der Waals surface area contributed by atoms with Crippen LogP contribution in [-0.4, -0.2) is 46.9 Å². The summed E-state index contributed by atoms with van der Waals surface area (Å²) in [4.78, 5) is 4.87. The van der Waals surface area contributed by atoms with Crippen molar-refractivity contribution in [3.8, 4) is 5.75 Å². The Morgan fingerprint density at radius 3 is 2.34 bits per heavy atom. The normalized spacial score (nSPS) is 11.4. The fourth-order valence-corrected chi connectivity index (χ4v) is 3.21. The fraction of sp³-hybridized carbons (Fsp3) is 0.381. The smallest absolute Gasteiger partial charge is 0.191 e. The van der Waals surface area contributed by atoms with Gasteiger partial charge in [-0.05, 0) is 49.6 Å². The number of halogens is 1. The first-order valence-corrected chi connectivity index (χ1v) is 11.4. The number of hydrogen-bond acceptors (Lipinski definition) is 4. The lowest BCUT2D eigenvalue weighted by atomic mass is 10.1. The SMILES string of the molecule is CCNC(=NCCCc1ccccc1)NCCOc1ccc(S(C)(=O)=O)cc1.I. The molecule has 0 spiro atoms. The van der Waals surface area contributed by atoms with Crippen molar-refractivity contribution in [3.05, 3.63) is 60.2 Å². The van der Waals surface area contributed by atoms with E-state index in [4.69, 9.17) is 4.74 Å². The Labute approximate surface area is 191 Å². The van der Waals surface area contributed by atoms with Gasteiger partial charge in [-0.1, -0.05) is 30.3 Å². The molecule has 0 unspecified atom stereocenters. The number of nitrogens with one attached hydrogen (secondary N) is 2. The molecule has 0 fully saturated rings. The van der Waals surface area contributed by atoms with Gasteiger partial charge in [-0.15, -0.1) is 24.0 Å². The standard InChI is InChI=1S/C21H29N3O3S.HI/c1-3-22-21(23-15-7-10-18-8-5-4-6-9-18)24-16-17-27-19-11-13-20(14-12-19)28(2,25)26;/h4-6,8-9,11-14H,3,7,10,15-17H2,1-2H3,(H2,22,23,24);1H. The molecule has 0 bridgehead atoms. The average molecular weight is 531 g/mol. The molecule has 0 heterocycles. The second kappa shape index (κ2) is 13.4. The van der Waals surface area contributed by atoms with Crippen LogP contribution in [0.15, 0.2) is 64.5 Å². The predicted molar refractivity (Wildman–Crippen MR) is 129 cm³/mol. The number of guanidine groups is 1. The highest BCUT2D eigenvalue weighted by atomic mass is 127. The topological polar surface area (TPSA) is 79.8 Å². The van der Waals surface area contributed by atoms with Crippen molar-refractivity contribution >= 4 is 39.8 Å². The molecule has 8 heteroatoms. The Balaban J connectivity index is 0.00000420. The highest BCUT2D eigenvalue weighted by molar-refractivity contribution is 14.0. The quantitative estimate of drug-likeness (QED) is 0.213. The average Bonchev–Trinajstić information content (AvgIpc) is 2.69. The second-order valence-corrected chi connectivity index (χ2v) is 8.38. The van der Waals surface area contributed by atoms with Crippen LogP contribution in [0.2, 0.25) is 0 Å². The summed E-state index contributed by atoms with van der Waals surface area (Å²) in [5.41, 5.74) is 1.32. The molecule has 0 atom stereocenters. The molecular weight excluding hydrogens is 501 g/mol. The summed E-state index contributed by atoms with van der Waals surface area (Å²) in [5, 5.41) is 6.46. The zero-order chi connectivity index (χ0) is 20.2. The van der Waals surface area contributed by atoms with Gasteiger partial charge >= 0.3 is 0 Å². The van der Waals surface area contributed by atoms with Gasteiger partial charge in [0.2, 0.25) is 0 Å². The molecule has 0 amide bonds. The molecule has 6 nitrogen and oxygen atoms in total. The number of rotatable bonds is 10. The Morgan fingerprint density at radius 2 is 1.72 bits per heavy atom. The maximum atomic E-state index is 11.5. The molecule has 0 saturated heterocycles. The lowest BCUT2D eigenvalue weighted by Crippen LogP contribution is -2.39. The number of aliphatic imine (C=N–C) groups is 1. The van der Waals surface area contributed by atoms with Gasteiger partial charge < -0.3 is 15.4 Å². The van der Waals surface area contributed by atoms with Crippen LogP contribution in [0.5, 0.6) is 5.75 Å². The maximum absolute atomic E-state index is 11.5. The van der Waals surface area contributed by atoms with Crippen LogP contribution in [0.25, 0.3) is 0 Å². The molecule has 29 heavy (non-hydrogen) atoms. The molecule has 0 saturated carbocycles. The predicted octanol–water partition coefficient (Wildman–Crippen LogP) is 3.27. The van der Waals surface area contributed by atoms with Crippen LogP contribution in [-0.2, 0) is 16.3 Å². The molecule has 160 valence electrons. The molecule has 2 aromatic rings. The third-order valence-corrected chi connectivity index (χ3v) is 5.12. The highest BCUT2D eigenvalue weighted by Crippen LogP contribution is 2.15. The molecule has 0 aliphatic carbocycles. The summed E-state index contributed by atoms with van der Waals surface area (Å²) in [6.45, 7) is 4.61. The number of nitrogens with zero attached hydrogens (tertiary/aromatic N) is 1. The molecule has 0 aliphatic rings. The van der Waals surface area contributed by atoms with Crippen LogP contribution in [0.4, 0.5) is 0 Å². The molecule has 0 aromatic heterocycles. The third-order valence-electron chi connectivity index (χ3n) is 4.00. The minimum atomic E-state index is -3.18. The van der Waals surface area contributed by atoms with Crippen molar-refractivity contribution < 1.29 is 13.2 Å². The molecule has 2 aromatic carbocycles. The van der Waals surface area contributed by atoms with Gasteiger partial charge in [-0.3, -0.25) is 4.99 Å². The van der Waals surface area contributed by atoms with Crippen LogP contribution in [0.1, 0.15) is 18.9 Å². The van der Waals surface area contributed by atoms with Crippen LogP contribution < -0.4 is 15.4 Å². The summed E-state index contributed by atoms with van der Waals surface area (Å²) < 4.78 is 28.6. The number of aryl methyl sites for hydroxylation is 1. The Bertz CT molecular complexity index is 841. The third kappa shape index (κ3) is 9.98. The van der Waals surface area contributed by atoms with Crippen LogP contribution in [0, 0.1) is 0 Å². The van der Waals surface area contributed by atoms with Crippen molar-refractivity contribution in [2.24, 2.45) is 4.99 Å². The van der Waals surface area contributed by atoms with Gasteiger partial charge in [0.25, 0.3) is 0 Å². The van der Waals surface area contributed by atoms with Crippen LogP contribution >= 0.6 is 24.0 Å².